The zero-order valence-corrected chi connectivity index (χ0v) is 15.1. The van der Waals surface area contributed by atoms with Gasteiger partial charge in [0.1, 0.15) is 5.69 Å². The van der Waals surface area contributed by atoms with Crippen molar-refractivity contribution in [2.45, 2.75) is 0 Å². The standard InChI is InChI=1S/C20H20ClN4O/c21-16-5-4-8-18(13-16)23-9-11-24(12-10-23)20(26)19-14-22-15-25(19)17-6-2-1-3-7-17/h1-8,13,15H,9-12,14H2/q+1. The molecule has 2 aliphatic heterocycles. The maximum Gasteiger partial charge on any atom is 0.294 e. The van der Waals surface area contributed by atoms with Crippen LogP contribution in [0.5, 0.6) is 0 Å². The molecule has 0 atom stereocenters. The number of hydrogen-bond donors (Lipinski definition) is 0. The van der Waals surface area contributed by atoms with Gasteiger partial charge in [0, 0.05) is 36.9 Å². The van der Waals surface area contributed by atoms with E-state index in [0.717, 1.165) is 29.5 Å². The molecule has 2 aromatic carbocycles. The molecular formula is C20H20ClN4O+. The highest BCUT2D eigenvalue weighted by molar-refractivity contribution is 6.39. The van der Waals surface area contributed by atoms with E-state index in [-0.39, 0.29) is 5.91 Å². The number of benzene rings is 2. The summed E-state index contributed by atoms with van der Waals surface area (Å²) in [6.45, 7) is 3.41. The lowest BCUT2D eigenvalue weighted by atomic mass is 10.2. The van der Waals surface area contributed by atoms with Crippen LogP contribution in [-0.2, 0) is 4.79 Å². The minimum atomic E-state index is 0.0668. The third-order valence-electron chi connectivity index (χ3n) is 4.75. The summed E-state index contributed by atoms with van der Waals surface area (Å²) in [6, 6.07) is 17.7. The summed E-state index contributed by atoms with van der Waals surface area (Å²) in [5.74, 6) is 0.0668. The smallest absolute Gasteiger partial charge is 0.294 e. The predicted octanol–water partition coefficient (Wildman–Crippen LogP) is 2.82. The molecule has 0 aliphatic carbocycles. The molecule has 132 valence electrons. The number of para-hydroxylation sites is 1. The lowest BCUT2D eigenvalue weighted by Crippen LogP contribution is -2.51. The van der Waals surface area contributed by atoms with Crippen LogP contribution in [0.1, 0.15) is 0 Å². The average Bonchev–Trinajstić information content (AvgIpc) is 3.18. The number of nitrogens with zero attached hydrogens (tertiary/aromatic N) is 4. The molecule has 5 nitrogen and oxygen atoms in total. The highest BCUT2D eigenvalue weighted by Gasteiger charge is 2.32. The van der Waals surface area contributed by atoms with Gasteiger partial charge in [-0.2, -0.15) is 4.58 Å². The van der Waals surface area contributed by atoms with E-state index in [1.165, 1.54) is 0 Å². The van der Waals surface area contributed by atoms with Crippen LogP contribution in [0, 0.1) is 0 Å². The molecule has 0 radical (unpaired) electrons. The summed E-state index contributed by atoms with van der Waals surface area (Å²) >= 11 is 6.09. The second-order valence-electron chi connectivity index (χ2n) is 6.37. The van der Waals surface area contributed by atoms with Crippen LogP contribution in [0.15, 0.2) is 59.6 Å². The van der Waals surface area contributed by atoms with Crippen molar-refractivity contribution in [2.24, 2.45) is 4.99 Å². The van der Waals surface area contributed by atoms with Gasteiger partial charge in [0.05, 0.1) is 0 Å². The quantitative estimate of drug-likeness (QED) is 0.782. The van der Waals surface area contributed by atoms with Crippen molar-refractivity contribution < 1.29 is 9.37 Å². The fraction of sp³-hybridized carbons (Fsp3) is 0.250. The molecule has 4 rings (SSSR count). The predicted molar refractivity (Wildman–Crippen MR) is 105 cm³/mol. The Hall–Kier alpha value is -2.66. The number of piperazine rings is 1. The van der Waals surface area contributed by atoms with Crippen molar-refractivity contribution in [2.75, 3.05) is 37.6 Å². The zero-order chi connectivity index (χ0) is 17.9. The van der Waals surface area contributed by atoms with E-state index in [4.69, 9.17) is 11.6 Å². The monoisotopic (exact) mass is 367 g/mol. The molecule has 2 aliphatic rings. The molecule has 1 amide bonds. The molecule has 2 aromatic rings. The first-order chi connectivity index (χ1) is 12.7. The molecule has 26 heavy (non-hydrogen) atoms. The van der Waals surface area contributed by atoms with Gasteiger partial charge in [-0.25, -0.2) is 0 Å². The number of carbonyl (C=O) groups is 1. The molecular weight excluding hydrogens is 348 g/mol. The minimum Gasteiger partial charge on any atom is -0.368 e. The SMILES string of the molecule is O=C(C1=[N+](c2ccccc2)C=NC1)N1CCN(c2cccc(Cl)c2)CC1. The lowest BCUT2D eigenvalue weighted by molar-refractivity contribution is -0.291. The van der Waals surface area contributed by atoms with Crippen molar-refractivity contribution in [3.63, 3.8) is 0 Å². The number of amides is 1. The first-order valence-electron chi connectivity index (χ1n) is 8.72. The van der Waals surface area contributed by atoms with E-state index >= 15 is 0 Å². The lowest BCUT2D eigenvalue weighted by Gasteiger charge is -2.35. The first-order valence-corrected chi connectivity index (χ1v) is 9.10. The second-order valence-corrected chi connectivity index (χ2v) is 6.80. The number of hydrogen-bond acceptors (Lipinski definition) is 3. The molecule has 0 N–H and O–H groups in total. The van der Waals surface area contributed by atoms with Gasteiger partial charge in [-0.1, -0.05) is 40.9 Å². The maximum absolute atomic E-state index is 13.0. The van der Waals surface area contributed by atoms with Gasteiger partial charge in [-0.15, -0.1) is 0 Å². The summed E-state index contributed by atoms with van der Waals surface area (Å²) in [6.07, 6.45) is 1.74. The Bertz CT molecular complexity index is 870. The third kappa shape index (κ3) is 3.35. The Morgan fingerprint density at radius 2 is 1.77 bits per heavy atom. The van der Waals surface area contributed by atoms with E-state index in [1.54, 1.807) is 6.34 Å². The summed E-state index contributed by atoms with van der Waals surface area (Å²) in [4.78, 5) is 21.5. The van der Waals surface area contributed by atoms with Gasteiger partial charge < -0.3 is 9.80 Å². The number of halogens is 1. The molecule has 0 saturated carbocycles. The van der Waals surface area contributed by atoms with Crippen LogP contribution in [0.2, 0.25) is 5.02 Å². The van der Waals surface area contributed by atoms with Crippen LogP contribution in [0.4, 0.5) is 11.4 Å². The van der Waals surface area contributed by atoms with Crippen LogP contribution in [0.25, 0.3) is 0 Å². The minimum absolute atomic E-state index is 0.0668. The van der Waals surface area contributed by atoms with Crippen LogP contribution < -0.4 is 4.90 Å². The fourth-order valence-electron chi connectivity index (χ4n) is 3.36. The van der Waals surface area contributed by atoms with Crippen molar-refractivity contribution in [3.05, 3.63) is 59.6 Å². The van der Waals surface area contributed by atoms with Gasteiger partial charge in [0.2, 0.25) is 5.71 Å². The van der Waals surface area contributed by atoms with Crippen molar-refractivity contribution in [1.82, 2.24) is 4.90 Å². The van der Waals surface area contributed by atoms with Crippen molar-refractivity contribution >= 4 is 40.9 Å². The van der Waals surface area contributed by atoms with Crippen LogP contribution in [-0.4, -0.2) is 60.2 Å². The molecule has 1 fully saturated rings. The summed E-state index contributed by atoms with van der Waals surface area (Å²) in [5, 5.41) is 0.734. The van der Waals surface area contributed by atoms with Gasteiger partial charge in [-0.3, -0.25) is 4.79 Å². The number of carbonyl (C=O) groups excluding carboxylic acids is 1. The normalized spacial score (nSPS) is 17.1. The highest BCUT2D eigenvalue weighted by Crippen LogP contribution is 2.21. The largest absolute Gasteiger partial charge is 0.368 e. The Morgan fingerprint density at radius 1 is 1.00 bits per heavy atom. The van der Waals surface area contributed by atoms with E-state index in [1.807, 2.05) is 58.0 Å². The van der Waals surface area contributed by atoms with Crippen molar-refractivity contribution in [3.8, 4) is 0 Å². The molecule has 0 unspecified atom stereocenters. The Morgan fingerprint density at radius 3 is 2.50 bits per heavy atom. The molecule has 6 heteroatoms. The zero-order valence-electron chi connectivity index (χ0n) is 14.4. The molecule has 0 spiro atoms. The van der Waals surface area contributed by atoms with Gasteiger partial charge in [0.15, 0.2) is 6.54 Å². The molecule has 0 aromatic heterocycles. The first kappa shape index (κ1) is 16.8. The molecule has 1 saturated heterocycles. The number of rotatable bonds is 3. The van der Waals surface area contributed by atoms with Gasteiger partial charge in [0.25, 0.3) is 12.2 Å². The summed E-state index contributed by atoms with van der Waals surface area (Å²) in [7, 11) is 0. The maximum atomic E-state index is 13.0. The van der Waals surface area contributed by atoms with E-state index in [2.05, 4.69) is 16.0 Å². The summed E-state index contributed by atoms with van der Waals surface area (Å²) < 4.78 is 1.89. The molecule has 2 heterocycles. The Labute approximate surface area is 157 Å². The van der Waals surface area contributed by atoms with Gasteiger partial charge >= 0.3 is 0 Å². The van der Waals surface area contributed by atoms with Gasteiger partial charge in [-0.05, 0) is 30.3 Å². The van der Waals surface area contributed by atoms with E-state index in [9.17, 15) is 4.79 Å². The fourth-order valence-corrected chi connectivity index (χ4v) is 3.54. The summed E-state index contributed by atoms with van der Waals surface area (Å²) in [5.41, 5.74) is 2.79. The second kappa shape index (κ2) is 7.30. The number of aliphatic imine (C=N–C) groups is 1. The van der Waals surface area contributed by atoms with E-state index in [0.29, 0.717) is 25.3 Å². The highest BCUT2D eigenvalue weighted by atomic mass is 35.5. The third-order valence-corrected chi connectivity index (χ3v) is 4.99. The van der Waals surface area contributed by atoms with Crippen molar-refractivity contribution in [1.29, 1.82) is 0 Å². The topological polar surface area (TPSA) is 38.9 Å². The van der Waals surface area contributed by atoms with Crippen LogP contribution in [0.3, 0.4) is 0 Å². The Kier molecular flexibility index (Phi) is 4.71. The Balaban J connectivity index is 1.47. The average molecular weight is 368 g/mol. The van der Waals surface area contributed by atoms with E-state index < -0.39 is 0 Å². The number of anilines is 1. The molecule has 0 bridgehead atoms. The van der Waals surface area contributed by atoms with Crippen LogP contribution >= 0.6 is 11.6 Å².